The highest BCUT2D eigenvalue weighted by Crippen LogP contribution is 2.23. The number of nitrogens with zero attached hydrogens (tertiary/aromatic N) is 3. The first-order valence-electron chi connectivity index (χ1n) is 8.72. The van der Waals surface area contributed by atoms with Crippen molar-refractivity contribution in [3.8, 4) is 0 Å². The number of nitrogen functional groups attached to an aromatic ring is 1. The van der Waals surface area contributed by atoms with E-state index in [1.165, 1.54) is 37.6 Å². The van der Waals surface area contributed by atoms with Crippen molar-refractivity contribution in [2.24, 2.45) is 0 Å². The minimum Gasteiger partial charge on any atom is -0.393 e. The van der Waals surface area contributed by atoms with E-state index >= 15 is 0 Å². The number of carbonyl (C=O) groups is 1. The zero-order chi connectivity index (χ0) is 18.2. The van der Waals surface area contributed by atoms with Crippen molar-refractivity contribution in [1.82, 2.24) is 20.4 Å². The predicted molar refractivity (Wildman–Crippen MR) is 101 cm³/mol. The van der Waals surface area contributed by atoms with Gasteiger partial charge in [0, 0.05) is 24.5 Å². The molecule has 2 aromatic rings. The molecule has 0 fully saturated rings. The minimum atomic E-state index is -0.302. The Kier molecular flexibility index (Phi) is 5.97. The van der Waals surface area contributed by atoms with Crippen LogP contribution in [0, 0.1) is 0 Å². The number of aromatic nitrogens is 3. The van der Waals surface area contributed by atoms with Crippen LogP contribution in [0.3, 0.4) is 0 Å². The first-order chi connectivity index (χ1) is 12.7. The van der Waals surface area contributed by atoms with Crippen molar-refractivity contribution in [2.75, 3.05) is 23.0 Å². The van der Waals surface area contributed by atoms with Crippen LogP contribution in [0.5, 0.6) is 0 Å². The van der Waals surface area contributed by atoms with Crippen molar-refractivity contribution in [3.63, 3.8) is 0 Å². The second-order valence-electron chi connectivity index (χ2n) is 6.08. The number of carbonyl (C=O) groups excluding carboxylic acids is 1. The van der Waals surface area contributed by atoms with Gasteiger partial charge in [-0.2, -0.15) is 0 Å². The van der Waals surface area contributed by atoms with Gasteiger partial charge in [0.1, 0.15) is 12.0 Å². The third-order valence-electron chi connectivity index (χ3n) is 4.24. The van der Waals surface area contributed by atoms with Gasteiger partial charge in [-0.05, 0) is 44.2 Å². The Morgan fingerprint density at radius 2 is 1.96 bits per heavy atom. The van der Waals surface area contributed by atoms with Crippen LogP contribution in [0.1, 0.15) is 42.5 Å². The number of allylic oxidation sites excluding steroid dienone is 1. The van der Waals surface area contributed by atoms with E-state index in [4.69, 9.17) is 5.73 Å². The maximum absolute atomic E-state index is 12.1. The average molecular weight is 353 g/mol. The average Bonchev–Trinajstić information content (AvgIpc) is 2.69. The molecule has 26 heavy (non-hydrogen) atoms. The lowest BCUT2D eigenvalue weighted by Gasteiger charge is -2.15. The van der Waals surface area contributed by atoms with Crippen molar-refractivity contribution >= 4 is 23.2 Å². The van der Waals surface area contributed by atoms with Gasteiger partial charge in [0.25, 0.3) is 5.91 Å². The number of anilines is 3. The molecule has 0 spiro atoms. The molecule has 0 aromatic carbocycles. The standard InChI is InChI=1S/C18H23N7O/c19-15-16(21-11-6-13-4-2-1-3-5-13)22-12-23-17(15)24-25-18(26)14-7-9-20-10-8-14/h4,7-10,12H,1-3,5-6,11,19H2,(H,25,26)(H2,21,22,23,24). The van der Waals surface area contributed by atoms with E-state index in [0.29, 0.717) is 22.9 Å². The molecule has 1 aliphatic rings. The van der Waals surface area contributed by atoms with E-state index in [0.717, 1.165) is 13.0 Å². The van der Waals surface area contributed by atoms with Gasteiger partial charge in [0.2, 0.25) is 0 Å². The Bertz CT molecular complexity index is 776. The zero-order valence-electron chi connectivity index (χ0n) is 14.5. The predicted octanol–water partition coefficient (Wildman–Crippen LogP) is 2.51. The van der Waals surface area contributed by atoms with Gasteiger partial charge in [-0.1, -0.05) is 11.6 Å². The van der Waals surface area contributed by atoms with Gasteiger partial charge >= 0.3 is 0 Å². The van der Waals surface area contributed by atoms with Crippen LogP contribution in [0.4, 0.5) is 17.3 Å². The normalized spacial score (nSPS) is 13.6. The van der Waals surface area contributed by atoms with Crippen LogP contribution in [0.25, 0.3) is 0 Å². The highest BCUT2D eigenvalue weighted by molar-refractivity contribution is 5.95. The summed E-state index contributed by atoms with van der Waals surface area (Å²) in [4.78, 5) is 24.2. The quantitative estimate of drug-likeness (QED) is 0.446. The second kappa shape index (κ2) is 8.80. The van der Waals surface area contributed by atoms with E-state index in [1.807, 2.05) is 0 Å². The molecular formula is C18H23N7O. The van der Waals surface area contributed by atoms with Crippen molar-refractivity contribution in [3.05, 3.63) is 48.1 Å². The summed E-state index contributed by atoms with van der Waals surface area (Å²) in [6.07, 6.45) is 12.7. The number of nitrogens with two attached hydrogens (primary N) is 1. The van der Waals surface area contributed by atoms with Gasteiger partial charge in [0.15, 0.2) is 11.6 Å². The van der Waals surface area contributed by atoms with Crippen LogP contribution in [0.2, 0.25) is 0 Å². The summed E-state index contributed by atoms with van der Waals surface area (Å²) in [5.41, 5.74) is 13.7. The fourth-order valence-electron chi connectivity index (χ4n) is 2.80. The summed E-state index contributed by atoms with van der Waals surface area (Å²) in [6, 6.07) is 3.24. The van der Waals surface area contributed by atoms with Gasteiger partial charge in [0.05, 0.1) is 0 Å². The molecule has 1 amide bonds. The molecule has 0 unspecified atom stereocenters. The molecule has 0 saturated heterocycles. The maximum atomic E-state index is 12.1. The number of hydrazine groups is 1. The molecule has 1 aliphatic carbocycles. The molecule has 0 aliphatic heterocycles. The van der Waals surface area contributed by atoms with Gasteiger partial charge in [-0.25, -0.2) is 9.97 Å². The summed E-state index contributed by atoms with van der Waals surface area (Å²) in [5, 5.41) is 3.24. The summed E-state index contributed by atoms with van der Waals surface area (Å²) < 4.78 is 0. The van der Waals surface area contributed by atoms with Crippen molar-refractivity contribution < 1.29 is 4.79 Å². The first kappa shape index (κ1) is 17.7. The van der Waals surface area contributed by atoms with Crippen LogP contribution in [0.15, 0.2) is 42.5 Å². The summed E-state index contributed by atoms with van der Waals surface area (Å²) in [6.45, 7) is 0.760. The Morgan fingerprint density at radius 1 is 1.15 bits per heavy atom. The molecule has 0 radical (unpaired) electrons. The summed E-state index contributed by atoms with van der Waals surface area (Å²) in [5.74, 6) is 0.600. The molecule has 136 valence electrons. The smallest absolute Gasteiger partial charge is 0.269 e. The molecule has 8 nitrogen and oxygen atoms in total. The fraction of sp³-hybridized carbons (Fsp3) is 0.333. The van der Waals surface area contributed by atoms with Gasteiger partial charge < -0.3 is 11.1 Å². The van der Waals surface area contributed by atoms with E-state index < -0.39 is 0 Å². The molecule has 2 aromatic heterocycles. The van der Waals surface area contributed by atoms with E-state index in [1.54, 1.807) is 24.5 Å². The van der Waals surface area contributed by atoms with Crippen LogP contribution < -0.4 is 21.9 Å². The van der Waals surface area contributed by atoms with Crippen molar-refractivity contribution in [1.29, 1.82) is 0 Å². The van der Waals surface area contributed by atoms with Crippen LogP contribution in [-0.2, 0) is 0 Å². The van der Waals surface area contributed by atoms with Crippen molar-refractivity contribution in [2.45, 2.75) is 32.1 Å². The Labute approximate surface area is 152 Å². The maximum Gasteiger partial charge on any atom is 0.269 e. The number of hydrogen-bond acceptors (Lipinski definition) is 7. The topological polar surface area (TPSA) is 118 Å². The molecule has 2 heterocycles. The molecule has 3 rings (SSSR count). The van der Waals surface area contributed by atoms with Gasteiger partial charge in [-0.15, -0.1) is 0 Å². The van der Waals surface area contributed by atoms with Gasteiger partial charge in [-0.3, -0.25) is 20.6 Å². The molecule has 8 heteroatoms. The third-order valence-corrected chi connectivity index (χ3v) is 4.24. The monoisotopic (exact) mass is 353 g/mol. The Morgan fingerprint density at radius 3 is 2.73 bits per heavy atom. The molecule has 0 atom stereocenters. The van der Waals surface area contributed by atoms with Crippen LogP contribution in [-0.4, -0.2) is 27.4 Å². The second-order valence-corrected chi connectivity index (χ2v) is 6.08. The number of rotatable bonds is 7. The first-order valence-corrected chi connectivity index (χ1v) is 8.72. The number of amides is 1. The molecule has 0 bridgehead atoms. The Balaban J connectivity index is 1.54. The zero-order valence-corrected chi connectivity index (χ0v) is 14.5. The lowest BCUT2D eigenvalue weighted by molar-refractivity contribution is 0.0962. The lowest BCUT2D eigenvalue weighted by atomic mass is 9.97. The van der Waals surface area contributed by atoms with E-state index in [-0.39, 0.29) is 5.91 Å². The van der Waals surface area contributed by atoms with E-state index in [9.17, 15) is 4.79 Å². The highest BCUT2D eigenvalue weighted by atomic mass is 16.2. The summed E-state index contributed by atoms with van der Waals surface area (Å²) in [7, 11) is 0. The molecule has 0 saturated carbocycles. The highest BCUT2D eigenvalue weighted by Gasteiger charge is 2.10. The Hall–Kier alpha value is -3.16. The minimum absolute atomic E-state index is 0.302. The summed E-state index contributed by atoms with van der Waals surface area (Å²) >= 11 is 0. The largest absolute Gasteiger partial charge is 0.393 e. The fourth-order valence-corrected chi connectivity index (χ4v) is 2.80. The lowest BCUT2D eigenvalue weighted by Crippen LogP contribution is -2.30. The third kappa shape index (κ3) is 4.69. The van der Waals surface area contributed by atoms with Crippen LogP contribution >= 0.6 is 0 Å². The number of hydrogen-bond donors (Lipinski definition) is 4. The molecular weight excluding hydrogens is 330 g/mol. The SMILES string of the molecule is Nc1c(NCCC2=CCCCC2)ncnc1NNC(=O)c1ccncc1. The number of pyridine rings is 1. The number of nitrogens with one attached hydrogen (secondary N) is 3. The van der Waals surface area contributed by atoms with E-state index in [2.05, 4.69) is 37.2 Å². The molecule has 5 N–H and O–H groups in total.